The Morgan fingerprint density at radius 3 is 2.42 bits per heavy atom. The average molecular weight is 500 g/mol. The number of anilines is 1. The first kappa shape index (κ1) is 28.6. The van der Waals surface area contributed by atoms with Crippen molar-refractivity contribution < 1.29 is 19.1 Å². The summed E-state index contributed by atoms with van der Waals surface area (Å²) in [5.74, 6) is 0.449. The van der Waals surface area contributed by atoms with Crippen LogP contribution in [-0.4, -0.2) is 65.3 Å². The minimum Gasteiger partial charge on any atom is -0.444 e. The van der Waals surface area contributed by atoms with E-state index in [0.717, 1.165) is 5.71 Å². The summed E-state index contributed by atoms with van der Waals surface area (Å²) in [5.41, 5.74) is 8.70. The first-order chi connectivity index (χ1) is 16.8. The Hall–Kier alpha value is -3.59. The molecule has 1 aromatic rings. The molecule has 196 valence electrons. The molecule has 2 heterocycles. The van der Waals surface area contributed by atoms with E-state index in [9.17, 15) is 9.59 Å². The summed E-state index contributed by atoms with van der Waals surface area (Å²) < 4.78 is 11.1. The zero-order chi connectivity index (χ0) is 26.9. The van der Waals surface area contributed by atoms with Crippen LogP contribution in [0.5, 0.6) is 0 Å². The fraction of sp³-hybridized carbons (Fsp3) is 0.600. The highest BCUT2D eigenvalue weighted by Gasteiger charge is 2.29. The van der Waals surface area contributed by atoms with Gasteiger partial charge in [0.25, 0.3) is 0 Å². The van der Waals surface area contributed by atoms with Crippen LogP contribution in [0.2, 0.25) is 0 Å². The molecule has 0 saturated heterocycles. The van der Waals surface area contributed by atoms with Crippen molar-refractivity contribution in [1.82, 2.24) is 9.88 Å². The third kappa shape index (κ3) is 9.58. The lowest BCUT2D eigenvalue weighted by Gasteiger charge is -2.32. The largest absolute Gasteiger partial charge is 0.444 e. The molecular formula is C25H37N7O4. The first-order valence-corrected chi connectivity index (χ1v) is 12.0. The molecule has 0 aromatic carbocycles. The lowest BCUT2D eigenvalue weighted by atomic mass is 10.1. The van der Waals surface area contributed by atoms with Crippen molar-refractivity contribution >= 4 is 23.7 Å². The van der Waals surface area contributed by atoms with Gasteiger partial charge in [0, 0.05) is 49.3 Å². The second-order valence-corrected chi connectivity index (χ2v) is 10.4. The van der Waals surface area contributed by atoms with Gasteiger partial charge < -0.3 is 9.47 Å². The molecular weight excluding hydrogens is 462 g/mol. The normalized spacial score (nSPS) is 15.4. The van der Waals surface area contributed by atoms with Crippen molar-refractivity contribution in [3.8, 4) is 0 Å². The van der Waals surface area contributed by atoms with E-state index >= 15 is 0 Å². The van der Waals surface area contributed by atoms with E-state index in [0.29, 0.717) is 43.9 Å². The zero-order valence-corrected chi connectivity index (χ0v) is 22.3. The van der Waals surface area contributed by atoms with Crippen LogP contribution in [0.15, 0.2) is 40.5 Å². The number of ether oxygens (including phenoxy) is 2. The van der Waals surface area contributed by atoms with Gasteiger partial charge in [0.15, 0.2) is 0 Å². The van der Waals surface area contributed by atoms with E-state index in [2.05, 4.69) is 15.0 Å². The molecule has 2 rings (SSSR count). The van der Waals surface area contributed by atoms with Gasteiger partial charge in [-0.2, -0.15) is 0 Å². The Morgan fingerprint density at radius 2 is 1.78 bits per heavy atom. The van der Waals surface area contributed by atoms with Crippen LogP contribution < -0.4 is 4.90 Å². The maximum absolute atomic E-state index is 13.1. The second-order valence-electron chi connectivity index (χ2n) is 10.4. The molecule has 0 spiro atoms. The molecule has 1 aliphatic rings. The molecule has 0 bridgehead atoms. The zero-order valence-electron chi connectivity index (χ0n) is 22.3. The Balaban J connectivity index is 2.19. The second kappa shape index (κ2) is 12.4. The maximum Gasteiger partial charge on any atom is 0.415 e. The summed E-state index contributed by atoms with van der Waals surface area (Å²) in [5, 5.41) is 3.57. The number of carbonyl (C=O) groups is 2. The van der Waals surface area contributed by atoms with Crippen molar-refractivity contribution in [1.29, 1.82) is 0 Å². The monoisotopic (exact) mass is 499 g/mol. The van der Waals surface area contributed by atoms with Crippen LogP contribution >= 0.6 is 0 Å². The van der Waals surface area contributed by atoms with Gasteiger partial charge in [-0.25, -0.2) is 14.6 Å². The van der Waals surface area contributed by atoms with Gasteiger partial charge >= 0.3 is 12.2 Å². The molecule has 2 amide bonds. The lowest BCUT2D eigenvalue weighted by molar-refractivity contribution is 0.0171. The number of allylic oxidation sites excluding steroid dienone is 1. The first-order valence-electron chi connectivity index (χ1n) is 12.0. The minimum absolute atomic E-state index is 0.292. The topological polar surface area (TPSA) is 133 Å². The standard InChI is InChI=1S/C25H37N7O4/c1-24(2,3)35-22(33)31(7)20-12-8-11-19(28-20)15-17-32(23(34)36-25(4,5)6)21-13-9-10-18(29-21)14-16-27-30-26/h8-12,21H,13-17H2,1-7H3. The SMILES string of the molecule is CN(C(=O)OC(C)(C)C)c1cccc(CCN(C(=O)OC(C)(C)C)C2CC=CC(CCN=[N+]=[N-])=N2)n1. The number of hydrogen-bond acceptors (Lipinski definition) is 7. The van der Waals surface area contributed by atoms with Crippen molar-refractivity contribution in [2.45, 2.75) is 78.2 Å². The van der Waals surface area contributed by atoms with E-state index < -0.39 is 29.6 Å². The van der Waals surface area contributed by atoms with Crippen LogP contribution in [0.3, 0.4) is 0 Å². The van der Waals surface area contributed by atoms with E-state index in [1.54, 1.807) is 38.8 Å². The number of azide groups is 1. The number of hydrogen-bond donors (Lipinski definition) is 0. The molecule has 0 aliphatic carbocycles. The highest BCUT2D eigenvalue weighted by atomic mass is 16.6. The van der Waals surface area contributed by atoms with Gasteiger partial charge in [-0.05, 0) is 71.7 Å². The van der Waals surface area contributed by atoms with Gasteiger partial charge in [-0.3, -0.25) is 14.8 Å². The van der Waals surface area contributed by atoms with Crippen LogP contribution in [-0.2, 0) is 15.9 Å². The van der Waals surface area contributed by atoms with Gasteiger partial charge in [-0.15, -0.1) is 0 Å². The van der Waals surface area contributed by atoms with Gasteiger partial charge in [-0.1, -0.05) is 17.3 Å². The lowest BCUT2D eigenvalue weighted by Crippen LogP contribution is -2.44. The number of aromatic nitrogens is 1. The highest BCUT2D eigenvalue weighted by molar-refractivity contribution is 5.96. The number of dihydropyridines is 1. The number of nitrogens with zero attached hydrogens (tertiary/aromatic N) is 7. The number of aliphatic imine (C=N–C) groups is 1. The summed E-state index contributed by atoms with van der Waals surface area (Å²) in [7, 11) is 1.61. The summed E-state index contributed by atoms with van der Waals surface area (Å²) in [4.78, 5) is 40.5. The van der Waals surface area contributed by atoms with Crippen molar-refractivity contribution in [3.05, 3.63) is 46.5 Å². The number of rotatable bonds is 8. The molecule has 1 unspecified atom stereocenters. The van der Waals surface area contributed by atoms with Crippen molar-refractivity contribution in [3.63, 3.8) is 0 Å². The van der Waals surface area contributed by atoms with Gasteiger partial charge in [0.1, 0.15) is 23.2 Å². The smallest absolute Gasteiger partial charge is 0.415 e. The third-order valence-corrected chi connectivity index (χ3v) is 4.90. The van der Waals surface area contributed by atoms with Gasteiger partial charge in [0.05, 0.1) is 0 Å². The van der Waals surface area contributed by atoms with Crippen molar-refractivity contribution in [2.24, 2.45) is 10.1 Å². The van der Waals surface area contributed by atoms with E-state index in [1.165, 1.54) is 4.90 Å². The van der Waals surface area contributed by atoms with Crippen LogP contribution in [0.4, 0.5) is 15.4 Å². The highest BCUT2D eigenvalue weighted by Crippen LogP contribution is 2.20. The van der Waals surface area contributed by atoms with Crippen molar-refractivity contribution in [2.75, 3.05) is 25.0 Å². The summed E-state index contributed by atoms with van der Waals surface area (Å²) in [6, 6.07) is 5.38. The third-order valence-electron chi connectivity index (χ3n) is 4.90. The summed E-state index contributed by atoms with van der Waals surface area (Å²) >= 11 is 0. The average Bonchev–Trinajstić information content (AvgIpc) is 2.77. The van der Waals surface area contributed by atoms with Crippen LogP contribution in [0.1, 0.15) is 60.1 Å². The molecule has 36 heavy (non-hydrogen) atoms. The maximum atomic E-state index is 13.1. The van der Waals surface area contributed by atoms with E-state index in [-0.39, 0.29) is 0 Å². The minimum atomic E-state index is -0.664. The Kier molecular flexibility index (Phi) is 9.86. The Bertz CT molecular complexity index is 1030. The molecule has 0 radical (unpaired) electrons. The fourth-order valence-corrected chi connectivity index (χ4v) is 3.30. The molecule has 1 aliphatic heterocycles. The fourth-order valence-electron chi connectivity index (χ4n) is 3.30. The summed E-state index contributed by atoms with van der Waals surface area (Å²) in [6.07, 6.45) is 3.88. The van der Waals surface area contributed by atoms with Crippen LogP contribution in [0, 0.1) is 0 Å². The van der Waals surface area contributed by atoms with E-state index in [4.69, 9.17) is 20.0 Å². The van der Waals surface area contributed by atoms with E-state index in [1.807, 2.05) is 45.1 Å². The number of amides is 2. The predicted molar refractivity (Wildman–Crippen MR) is 139 cm³/mol. The van der Waals surface area contributed by atoms with Crippen LogP contribution in [0.25, 0.3) is 10.4 Å². The molecule has 1 aromatic heterocycles. The molecule has 1 atom stereocenters. The predicted octanol–water partition coefficient (Wildman–Crippen LogP) is 5.66. The molecule has 0 saturated carbocycles. The molecule has 11 nitrogen and oxygen atoms in total. The molecule has 11 heteroatoms. The Morgan fingerprint density at radius 1 is 1.11 bits per heavy atom. The number of pyridine rings is 1. The quantitative estimate of drug-likeness (QED) is 0.258. The van der Waals surface area contributed by atoms with Gasteiger partial charge in [0.2, 0.25) is 0 Å². The summed E-state index contributed by atoms with van der Waals surface area (Å²) in [6.45, 7) is 11.5. The Labute approximate surface area is 212 Å². The molecule has 0 N–H and O–H groups in total. The molecule has 0 fully saturated rings. The number of carbonyl (C=O) groups excluding carboxylic acids is 2.